The van der Waals surface area contributed by atoms with Crippen LogP contribution in [0, 0.1) is 16.0 Å². The van der Waals surface area contributed by atoms with Crippen LogP contribution in [0.25, 0.3) is 0 Å². The van der Waals surface area contributed by atoms with Gasteiger partial charge in [-0.2, -0.15) is 0 Å². The zero-order valence-electron chi connectivity index (χ0n) is 13.9. The summed E-state index contributed by atoms with van der Waals surface area (Å²) in [4.78, 5) is 34.3. The Morgan fingerprint density at radius 3 is 2.40 bits per heavy atom. The van der Waals surface area contributed by atoms with Crippen molar-refractivity contribution in [3.63, 3.8) is 0 Å². The minimum absolute atomic E-state index is 0.0913. The average molecular weight is 342 g/mol. The fraction of sp³-hybridized carbons (Fsp3) is 0.222. The lowest BCUT2D eigenvalue weighted by Crippen LogP contribution is -2.13. The van der Waals surface area contributed by atoms with E-state index in [1.54, 1.807) is 18.2 Å². The van der Waals surface area contributed by atoms with E-state index < -0.39 is 16.8 Å². The van der Waals surface area contributed by atoms with Gasteiger partial charge in [0.1, 0.15) is 0 Å². The molecule has 2 rings (SSSR count). The first-order valence-electron chi connectivity index (χ1n) is 7.70. The summed E-state index contributed by atoms with van der Waals surface area (Å²) in [5.41, 5.74) is 0.953. The number of esters is 1. The van der Waals surface area contributed by atoms with Gasteiger partial charge in [0.05, 0.1) is 17.1 Å². The number of nitrogens with one attached hydrogen (secondary N) is 1. The number of nitro benzene ring substituents is 1. The Balaban J connectivity index is 2.07. The zero-order valence-corrected chi connectivity index (χ0v) is 13.9. The molecule has 0 spiro atoms. The number of nitro groups is 1. The first kappa shape index (κ1) is 18.1. The molecule has 0 radical (unpaired) electrons. The van der Waals surface area contributed by atoms with Crippen LogP contribution in [0.4, 0.5) is 11.4 Å². The lowest BCUT2D eigenvalue weighted by molar-refractivity contribution is -0.384. The predicted octanol–water partition coefficient (Wildman–Crippen LogP) is 3.66. The summed E-state index contributed by atoms with van der Waals surface area (Å²) in [6, 6.07) is 11.7. The van der Waals surface area contributed by atoms with Crippen molar-refractivity contribution < 1.29 is 19.2 Å². The molecule has 7 heteroatoms. The van der Waals surface area contributed by atoms with Crippen LogP contribution >= 0.6 is 0 Å². The van der Waals surface area contributed by atoms with E-state index in [2.05, 4.69) is 5.32 Å². The molecule has 25 heavy (non-hydrogen) atoms. The molecule has 0 aliphatic heterocycles. The molecule has 130 valence electrons. The molecule has 0 aromatic heterocycles. The third-order valence-electron chi connectivity index (χ3n) is 3.24. The molecule has 0 unspecified atom stereocenters. The minimum atomic E-state index is -0.534. The van der Waals surface area contributed by atoms with Crippen molar-refractivity contribution >= 4 is 23.3 Å². The van der Waals surface area contributed by atoms with Crippen molar-refractivity contribution in [2.45, 2.75) is 13.8 Å². The smallest absolute Gasteiger partial charge is 0.338 e. The molecule has 7 nitrogen and oxygen atoms in total. The third-order valence-corrected chi connectivity index (χ3v) is 3.24. The molecule has 1 N–H and O–H groups in total. The van der Waals surface area contributed by atoms with E-state index in [0.717, 1.165) is 0 Å². The van der Waals surface area contributed by atoms with Crippen LogP contribution in [0.3, 0.4) is 0 Å². The van der Waals surface area contributed by atoms with E-state index in [1.165, 1.54) is 30.3 Å². The van der Waals surface area contributed by atoms with E-state index in [4.69, 9.17) is 4.74 Å². The number of rotatable bonds is 6. The summed E-state index contributed by atoms with van der Waals surface area (Å²) in [5, 5.41) is 13.3. The summed E-state index contributed by atoms with van der Waals surface area (Å²) in [5.74, 6) is -0.656. The van der Waals surface area contributed by atoms with Gasteiger partial charge in [-0.25, -0.2) is 4.79 Å². The van der Waals surface area contributed by atoms with Crippen molar-refractivity contribution in [2.24, 2.45) is 5.92 Å². The zero-order chi connectivity index (χ0) is 18.4. The number of non-ortho nitro benzene ring substituents is 1. The molecule has 0 atom stereocenters. The van der Waals surface area contributed by atoms with Gasteiger partial charge >= 0.3 is 5.97 Å². The number of anilines is 1. The number of carbonyl (C=O) groups excluding carboxylic acids is 2. The van der Waals surface area contributed by atoms with Crippen LogP contribution in [-0.2, 0) is 4.74 Å². The van der Waals surface area contributed by atoms with E-state index in [9.17, 15) is 19.7 Å². The SMILES string of the molecule is CC(C)COC(=O)c1cccc(NC(=O)c2ccc([N+](=O)[O-])cc2)c1. The van der Waals surface area contributed by atoms with Crippen LogP contribution in [0.2, 0.25) is 0 Å². The third kappa shape index (κ3) is 5.13. The standard InChI is InChI=1S/C18H18N2O5/c1-12(2)11-25-18(22)14-4-3-5-15(10-14)19-17(21)13-6-8-16(9-7-13)20(23)24/h3-10,12H,11H2,1-2H3,(H,19,21). The number of amides is 1. The number of benzene rings is 2. The maximum Gasteiger partial charge on any atom is 0.338 e. The Hall–Kier alpha value is -3.22. The Bertz CT molecular complexity index is 784. The van der Waals surface area contributed by atoms with Gasteiger partial charge < -0.3 is 10.1 Å². The second-order valence-corrected chi connectivity index (χ2v) is 5.83. The molecule has 0 saturated carbocycles. The molecular weight excluding hydrogens is 324 g/mol. The monoisotopic (exact) mass is 342 g/mol. The second kappa shape index (κ2) is 8.05. The molecule has 0 fully saturated rings. The first-order valence-corrected chi connectivity index (χ1v) is 7.70. The minimum Gasteiger partial charge on any atom is -0.462 e. The van der Waals surface area contributed by atoms with Crippen LogP contribution in [0.15, 0.2) is 48.5 Å². The van der Waals surface area contributed by atoms with Gasteiger partial charge in [0.2, 0.25) is 0 Å². The number of hydrogen-bond acceptors (Lipinski definition) is 5. The second-order valence-electron chi connectivity index (χ2n) is 5.83. The van der Waals surface area contributed by atoms with Crippen LogP contribution in [-0.4, -0.2) is 23.4 Å². The molecule has 2 aromatic carbocycles. The highest BCUT2D eigenvalue weighted by atomic mass is 16.6. The highest BCUT2D eigenvalue weighted by molar-refractivity contribution is 6.05. The van der Waals surface area contributed by atoms with Crippen LogP contribution in [0.1, 0.15) is 34.6 Å². The Labute approximate surface area is 144 Å². The summed E-state index contributed by atoms with van der Waals surface area (Å²) in [6.45, 7) is 4.19. The fourth-order valence-electron chi connectivity index (χ4n) is 1.99. The molecule has 2 aromatic rings. The number of carbonyl (C=O) groups is 2. The fourth-order valence-corrected chi connectivity index (χ4v) is 1.99. The van der Waals surface area contributed by atoms with Gasteiger partial charge in [-0.3, -0.25) is 14.9 Å². The predicted molar refractivity (Wildman–Crippen MR) is 92.6 cm³/mol. The molecule has 0 heterocycles. The van der Waals surface area contributed by atoms with Gasteiger partial charge in [0.15, 0.2) is 0 Å². The average Bonchev–Trinajstić information content (AvgIpc) is 2.59. The largest absolute Gasteiger partial charge is 0.462 e. The first-order chi connectivity index (χ1) is 11.9. The maximum absolute atomic E-state index is 12.2. The van der Waals surface area contributed by atoms with Gasteiger partial charge in [-0.15, -0.1) is 0 Å². The van der Waals surface area contributed by atoms with Gasteiger partial charge in [-0.1, -0.05) is 19.9 Å². The molecule has 0 bridgehead atoms. The lowest BCUT2D eigenvalue weighted by Gasteiger charge is -2.09. The van der Waals surface area contributed by atoms with E-state index in [-0.39, 0.29) is 17.2 Å². The van der Waals surface area contributed by atoms with Gasteiger partial charge in [0.25, 0.3) is 11.6 Å². The normalized spacial score (nSPS) is 10.4. The summed E-state index contributed by atoms with van der Waals surface area (Å²) >= 11 is 0. The molecule has 0 aliphatic carbocycles. The highest BCUT2D eigenvalue weighted by Gasteiger charge is 2.12. The Morgan fingerprint density at radius 1 is 1.12 bits per heavy atom. The molecule has 0 aliphatic rings. The molecule has 0 saturated heterocycles. The Morgan fingerprint density at radius 2 is 1.80 bits per heavy atom. The summed E-state index contributed by atoms with van der Waals surface area (Å²) in [6.07, 6.45) is 0. The van der Waals surface area contributed by atoms with E-state index in [1.807, 2.05) is 13.8 Å². The van der Waals surface area contributed by atoms with E-state index >= 15 is 0 Å². The van der Waals surface area contributed by atoms with Crippen molar-refractivity contribution in [1.29, 1.82) is 0 Å². The lowest BCUT2D eigenvalue weighted by atomic mass is 10.1. The maximum atomic E-state index is 12.2. The highest BCUT2D eigenvalue weighted by Crippen LogP contribution is 2.16. The molecule has 1 amide bonds. The summed E-state index contributed by atoms with van der Waals surface area (Å²) in [7, 11) is 0. The van der Waals surface area contributed by atoms with Crippen molar-refractivity contribution in [3.8, 4) is 0 Å². The van der Waals surface area contributed by atoms with Gasteiger partial charge in [-0.05, 0) is 36.2 Å². The number of ether oxygens (including phenoxy) is 1. The van der Waals surface area contributed by atoms with Crippen LogP contribution < -0.4 is 5.32 Å². The number of nitrogens with zero attached hydrogens (tertiary/aromatic N) is 1. The topological polar surface area (TPSA) is 98.5 Å². The molecular formula is C18H18N2O5. The van der Waals surface area contributed by atoms with Crippen molar-refractivity contribution in [1.82, 2.24) is 0 Å². The van der Waals surface area contributed by atoms with E-state index in [0.29, 0.717) is 17.9 Å². The van der Waals surface area contributed by atoms with Gasteiger partial charge in [0, 0.05) is 23.4 Å². The Kier molecular flexibility index (Phi) is 5.84. The van der Waals surface area contributed by atoms with Crippen LogP contribution in [0.5, 0.6) is 0 Å². The summed E-state index contributed by atoms with van der Waals surface area (Å²) < 4.78 is 5.15. The number of hydrogen-bond donors (Lipinski definition) is 1. The van der Waals surface area contributed by atoms with Crippen molar-refractivity contribution in [3.05, 3.63) is 69.8 Å². The quantitative estimate of drug-likeness (QED) is 0.491. The van der Waals surface area contributed by atoms with Crippen molar-refractivity contribution in [2.75, 3.05) is 11.9 Å².